The van der Waals surface area contributed by atoms with Gasteiger partial charge in [-0.1, -0.05) is 0 Å². The molecule has 0 aromatic carbocycles. The second-order valence-electron chi connectivity index (χ2n) is 3.68. The Balaban J connectivity index is 2.30. The molecule has 1 fully saturated rings. The third kappa shape index (κ3) is 3.50. The molecular formula is C10H18N2O2S. The average Bonchev–Trinajstić information content (AvgIpc) is 2.24. The van der Waals surface area contributed by atoms with Crippen LogP contribution in [0, 0.1) is 0 Å². The Hall–Kier alpha value is -0.550. The topological polar surface area (TPSA) is 49.4 Å². The lowest BCUT2D eigenvalue weighted by Gasteiger charge is -2.28. The highest BCUT2D eigenvalue weighted by Crippen LogP contribution is 2.11. The lowest BCUT2D eigenvalue weighted by atomic mass is 10.0. The number of hydrogen-bond donors (Lipinski definition) is 1. The minimum absolute atomic E-state index is 0.0674. The molecule has 1 unspecified atom stereocenters. The Morgan fingerprint density at radius 3 is 2.93 bits per heavy atom. The standard InChI is InChI=1S/C10H18N2O2S/c1-12-9(13)5-4-8(10(12)14)11-6-3-7-15-2/h8,11H,3-7H2,1-2H3. The molecule has 1 aliphatic heterocycles. The van der Waals surface area contributed by atoms with Crippen LogP contribution in [0.15, 0.2) is 0 Å². The molecule has 0 aromatic heterocycles. The highest BCUT2D eigenvalue weighted by Gasteiger charge is 2.30. The third-order valence-corrected chi connectivity index (χ3v) is 3.26. The molecule has 1 rings (SSSR count). The number of amides is 2. The van der Waals surface area contributed by atoms with E-state index in [1.807, 2.05) is 0 Å². The molecular weight excluding hydrogens is 212 g/mol. The smallest absolute Gasteiger partial charge is 0.246 e. The van der Waals surface area contributed by atoms with Gasteiger partial charge in [-0.15, -0.1) is 0 Å². The Morgan fingerprint density at radius 1 is 1.53 bits per heavy atom. The van der Waals surface area contributed by atoms with Crippen molar-refractivity contribution >= 4 is 23.6 Å². The van der Waals surface area contributed by atoms with Crippen molar-refractivity contribution in [3.05, 3.63) is 0 Å². The molecule has 5 heteroatoms. The van der Waals surface area contributed by atoms with Crippen molar-refractivity contribution in [3.63, 3.8) is 0 Å². The molecule has 1 heterocycles. The summed E-state index contributed by atoms with van der Waals surface area (Å²) in [7, 11) is 1.56. The highest BCUT2D eigenvalue weighted by atomic mass is 32.2. The second kappa shape index (κ2) is 6.12. The zero-order valence-electron chi connectivity index (χ0n) is 9.28. The summed E-state index contributed by atoms with van der Waals surface area (Å²) in [6.45, 7) is 0.847. The molecule has 1 aliphatic rings. The normalized spacial score (nSPS) is 22.3. The fourth-order valence-electron chi connectivity index (χ4n) is 1.60. The van der Waals surface area contributed by atoms with Gasteiger partial charge in [-0.05, 0) is 31.4 Å². The molecule has 1 atom stereocenters. The largest absolute Gasteiger partial charge is 0.306 e. The molecule has 0 aliphatic carbocycles. The first-order valence-electron chi connectivity index (χ1n) is 5.19. The summed E-state index contributed by atoms with van der Waals surface area (Å²) in [5, 5.41) is 3.20. The Bertz CT molecular complexity index is 246. The van der Waals surface area contributed by atoms with Crippen LogP contribution in [0.1, 0.15) is 19.3 Å². The van der Waals surface area contributed by atoms with Crippen LogP contribution >= 0.6 is 11.8 Å². The number of piperidine rings is 1. The van der Waals surface area contributed by atoms with E-state index in [9.17, 15) is 9.59 Å². The number of carbonyl (C=O) groups is 2. The van der Waals surface area contributed by atoms with Gasteiger partial charge in [0.1, 0.15) is 0 Å². The number of rotatable bonds is 5. The van der Waals surface area contributed by atoms with Gasteiger partial charge >= 0.3 is 0 Å². The first-order chi connectivity index (χ1) is 7.16. The predicted octanol–water partition coefficient (Wildman–Crippen LogP) is 0.476. The van der Waals surface area contributed by atoms with Crippen LogP contribution in [0.3, 0.4) is 0 Å². The Kier molecular flexibility index (Phi) is 5.11. The summed E-state index contributed by atoms with van der Waals surface area (Å²) in [5.41, 5.74) is 0. The van der Waals surface area contributed by atoms with Crippen molar-refractivity contribution in [2.45, 2.75) is 25.3 Å². The molecule has 1 saturated heterocycles. The van der Waals surface area contributed by atoms with Gasteiger partial charge < -0.3 is 5.32 Å². The maximum atomic E-state index is 11.6. The van der Waals surface area contributed by atoms with E-state index in [1.54, 1.807) is 18.8 Å². The second-order valence-corrected chi connectivity index (χ2v) is 4.67. The molecule has 0 radical (unpaired) electrons. The summed E-state index contributed by atoms with van der Waals surface area (Å²) < 4.78 is 0. The number of likely N-dealkylation sites (N-methyl/N-ethyl adjacent to an activating group) is 1. The molecule has 1 N–H and O–H groups in total. The van der Waals surface area contributed by atoms with Crippen molar-refractivity contribution in [3.8, 4) is 0 Å². The molecule has 2 amide bonds. The number of nitrogens with zero attached hydrogens (tertiary/aromatic N) is 1. The lowest BCUT2D eigenvalue weighted by molar-refractivity contribution is -0.148. The Labute approximate surface area is 94.8 Å². The van der Waals surface area contributed by atoms with E-state index < -0.39 is 0 Å². The van der Waals surface area contributed by atoms with Crippen molar-refractivity contribution < 1.29 is 9.59 Å². The van der Waals surface area contributed by atoms with Gasteiger partial charge in [0.25, 0.3) is 0 Å². The quantitative estimate of drug-likeness (QED) is 0.551. The van der Waals surface area contributed by atoms with Crippen LogP contribution in [0.4, 0.5) is 0 Å². The van der Waals surface area contributed by atoms with E-state index >= 15 is 0 Å². The zero-order valence-corrected chi connectivity index (χ0v) is 10.1. The van der Waals surface area contributed by atoms with Crippen LogP contribution in [-0.2, 0) is 9.59 Å². The molecule has 15 heavy (non-hydrogen) atoms. The lowest BCUT2D eigenvalue weighted by Crippen LogP contribution is -2.51. The fraction of sp³-hybridized carbons (Fsp3) is 0.800. The summed E-state index contributed by atoms with van der Waals surface area (Å²) in [6.07, 6.45) is 4.24. The Morgan fingerprint density at radius 2 is 2.27 bits per heavy atom. The van der Waals surface area contributed by atoms with Crippen LogP contribution in [0.2, 0.25) is 0 Å². The van der Waals surface area contributed by atoms with Crippen LogP contribution in [0.5, 0.6) is 0 Å². The van der Waals surface area contributed by atoms with Crippen molar-refractivity contribution in [1.82, 2.24) is 10.2 Å². The van der Waals surface area contributed by atoms with Gasteiger partial charge in [0, 0.05) is 13.5 Å². The van der Waals surface area contributed by atoms with Gasteiger partial charge in [-0.2, -0.15) is 11.8 Å². The first kappa shape index (κ1) is 12.5. The van der Waals surface area contributed by atoms with Crippen LogP contribution in [-0.4, -0.2) is 48.4 Å². The SMILES string of the molecule is CSCCCNC1CCC(=O)N(C)C1=O. The van der Waals surface area contributed by atoms with E-state index in [2.05, 4.69) is 11.6 Å². The molecule has 0 aromatic rings. The monoisotopic (exact) mass is 230 g/mol. The first-order valence-corrected chi connectivity index (χ1v) is 6.59. The average molecular weight is 230 g/mol. The number of hydrogen-bond acceptors (Lipinski definition) is 4. The molecule has 0 saturated carbocycles. The number of thioether (sulfide) groups is 1. The zero-order chi connectivity index (χ0) is 11.3. The molecule has 86 valence electrons. The van der Waals surface area contributed by atoms with E-state index in [-0.39, 0.29) is 17.9 Å². The highest BCUT2D eigenvalue weighted by molar-refractivity contribution is 7.98. The molecule has 0 spiro atoms. The maximum Gasteiger partial charge on any atom is 0.246 e. The molecule has 0 bridgehead atoms. The number of likely N-dealkylation sites (tertiary alicyclic amines) is 1. The minimum atomic E-state index is -0.158. The predicted molar refractivity (Wildman–Crippen MR) is 61.8 cm³/mol. The van der Waals surface area contributed by atoms with Gasteiger partial charge in [0.15, 0.2) is 0 Å². The van der Waals surface area contributed by atoms with Gasteiger partial charge in [-0.3, -0.25) is 14.5 Å². The number of carbonyl (C=O) groups excluding carboxylic acids is 2. The van der Waals surface area contributed by atoms with Crippen LogP contribution in [0.25, 0.3) is 0 Å². The van der Waals surface area contributed by atoms with E-state index in [4.69, 9.17) is 0 Å². The van der Waals surface area contributed by atoms with Gasteiger partial charge in [-0.25, -0.2) is 0 Å². The van der Waals surface area contributed by atoms with Crippen LogP contribution < -0.4 is 5.32 Å². The summed E-state index contributed by atoms with van der Waals surface area (Å²) in [4.78, 5) is 24.1. The van der Waals surface area contributed by atoms with Crippen molar-refractivity contribution in [2.24, 2.45) is 0 Å². The van der Waals surface area contributed by atoms with Crippen molar-refractivity contribution in [2.75, 3.05) is 25.6 Å². The fourth-order valence-corrected chi connectivity index (χ4v) is 2.03. The van der Waals surface area contributed by atoms with E-state index in [1.165, 1.54) is 4.90 Å². The third-order valence-electron chi connectivity index (χ3n) is 2.57. The molecule has 4 nitrogen and oxygen atoms in total. The summed E-state index contributed by atoms with van der Waals surface area (Å²) in [5.74, 6) is 0.945. The maximum absolute atomic E-state index is 11.6. The van der Waals surface area contributed by atoms with Gasteiger partial charge in [0.05, 0.1) is 6.04 Å². The van der Waals surface area contributed by atoms with Crippen molar-refractivity contribution in [1.29, 1.82) is 0 Å². The van der Waals surface area contributed by atoms with E-state index in [0.29, 0.717) is 12.8 Å². The number of imide groups is 1. The summed E-state index contributed by atoms with van der Waals surface area (Å²) >= 11 is 1.80. The summed E-state index contributed by atoms with van der Waals surface area (Å²) in [6, 6.07) is -0.158. The van der Waals surface area contributed by atoms with E-state index in [0.717, 1.165) is 18.7 Å². The van der Waals surface area contributed by atoms with Gasteiger partial charge in [0.2, 0.25) is 11.8 Å². The minimum Gasteiger partial charge on any atom is -0.306 e. The number of nitrogens with one attached hydrogen (secondary N) is 1.